The predicted octanol–water partition coefficient (Wildman–Crippen LogP) is 5.16. The highest BCUT2D eigenvalue weighted by atomic mass is 32.2. The van der Waals surface area contributed by atoms with Crippen molar-refractivity contribution < 1.29 is 26.4 Å². The first-order valence-corrected chi connectivity index (χ1v) is 10.2. The third kappa shape index (κ3) is 4.77. The number of rotatable bonds is 5. The minimum atomic E-state index is -5.12. The van der Waals surface area contributed by atoms with E-state index in [1.807, 2.05) is 0 Å². The van der Waals surface area contributed by atoms with Crippen molar-refractivity contribution in [1.29, 1.82) is 0 Å². The molecule has 0 saturated carbocycles. The Morgan fingerprint density at radius 2 is 1.33 bits per heavy atom. The Labute approximate surface area is 171 Å². The topological polar surface area (TPSA) is 63.2 Å². The van der Waals surface area contributed by atoms with E-state index in [-0.39, 0.29) is 21.1 Å². The van der Waals surface area contributed by atoms with Gasteiger partial charge in [0.2, 0.25) is 9.84 Å². The summed E-state index contributed by atoms with van der Waals surface area (Å²) in [5, 5.41) is 1.77. The van der Waals surface area contributed by atoms with E-state index in [2.05, 4.69) is 0 Å². The lowest BCUT2D eigenvalue weighted by atomic mass is 10.1. The van der Waals surface area contributed by atoms with Gasteiger partial charge in [0, 0.05) is 11.3 Å². The fraction of sp³-hybridized carbons (Fsp3) is 0.0455. The van der Waals surface area contributed by atoms with Crippen molar-refractivity contribution in [2.24, 2.45) is 0 Å². The van der Waals surface area contributed by atoms with Gasteiger partial charge in [0.05, 0.1) is 9.80 Å². The van der Waals surface area contributed by atoms with Gasteiger partial charge in [0.25, 0.3) is 0 Å². The van der Waals surface area contributed by atoms with Crippen molar-refractivity contribution in [3.05, 3.63) is 96.1 Å². The van der Waals surface area contributed by atoms with Gasteiger partial charge in [-0.2, -0.15) is 13.2 Å². The maximum atomic E-state index is 13.4. The molecule has 0 bridgehead atoms. The van der Waals surface area contributed by atoms with Gasteiger partial charge in [-0.1, -0.05) is 66.7 Å². The maximum absolute atomic E-state index is 13.4. The molecule has 0 aliphatic carbocycles. The fourth-order valence-electron chi connectivity index (χ4n) is 2.73. The molecule has 0 aliphatic rings. The third-order valence-electron chi connectivity index (χ3n) is 4.14. The van der Waals surface area contributed by atoms with Crippen molar-refractivity contribution >= 4 is 32.4 Å². The van der Waals surface area contributed by atoms with E-state index in [0.29, 0.717) is 5.56 Å². The Hall–Kier alpha value is -3.39. The molecule has 154 valence electrons. The second-order valence-electron chi connectivity index (χ2n) is 6.23. The highest BCUT2D eigenvalue weighted by molar-refractivity contribution is 8.00. The van der Waals surface area contributed by atoms with E-state index < -0.39 is 21.9 Å². The maximum Gasteiger partial charge on any atom is 0.471 e. The number of halogens is 3. The van der Waals surface area contributed by atoms with Crippen molar-refractivity contribution in [1.82, 2.24) is 0 Å². The van der Waals surface area contributed by atoms with Gasteiger partial charge in [-0.05, 0) is 29.8 Å². The fourth-order valence-corrected chi connectivity index (χ4v) is 4.26. The van der Waals surface area contributed by atoms with Gasteiger partial charge in [-0.3, -0.25) is 4.79 Å². The summed E-state index contributed by atoms with van der Waals surface area (Å²) in [5.74, 6) is -2.19. The summed E-state index contributed by atoms with van der Waals surface area (Å²) in [6, 6.07) is 21.5. The van der Waals surface area contributed by atoms with Crippen molar-refractivity contribution in [2.75, 3.05) is 5.32 Å². The molecule has 4 nitrogen and oxygen atoms in total. The van der Waals surface area contributed by atoms with Crippen molar-refractivity contribution in [3.63, 3.8) is 0 Å². The molecule has 1 amide bonds. The molecule has 0 fully saturated rings. The minimum Gasteiger partial charge on any atom is -0.318 e. The summed E-state index contributed by atoms with van der Waals surface area (Å²) in [7, 11) is -4.12. The Morgan fingerprint density at radius 3 is 1.93 bits per heavy atom. The number of benzene rings is 3. The second kappa shape index (κ2) is 8.54. The summed E-state index contributed by atoms with van der Waals surface area (Å²) in [4.78, 5) is 11.2. The molecule has 0 spiro atoms. The van der Waals surface area contributed by atoms with Crippen LogP contribution in [0, 0.1) is 0 Å². The Balaban J connectivity index is 2.21. The summed E-state index contributed by atoms with van der Waals surface area (Å²) < 4.78 is 65.0. The summed E-state index contributed by atoms with van der Waals surface area (Å²) in [6.07, 6.45) is -3.75. The molecule has 0 saturated heterocycles. The number of amides is 1. The van der Waals surface area contributed by atoms with Gasteiger partial charge >= 0.3 is 12.1 Å². The third-order valence-corrected chi connectivity index (χ3v) is 5.95. The number of hydrogen-bond donors (Lipinski definition) is 1. The van der Waals surface area contributed by atoms with Crippen LogP contribution in [0.1, 0.15) is 11.1 Å². The van der Waals surface area contributed by atoms with E-state index in [4.69, 9.17) is 0 Å². The van der Waals surface area contributed by atoms with E-state index in [9.17, 15) is 26.4 Å². The van der Waals surface area contributed by atoms with Crippen LogP contribution in [0.15, 0.2) is 89.8 Å². The Bertz CT molecular complexity index is 1170. The van der Waals surface area contributed by atoms with Crippen LogP contribution in [0.5, 0.6) is 0 Å². The monoisotopic (exact) mass is 431 g/mol. The van der Waals surface area contributed by atoms with E-state index in [0.717, 1.165) is 0 Å². The summed E-state index contributed by atoms with van der Waals surface area (Å²) in [5.41, 5.74) is 0.216. The summed E-state index contributed by atoms with van der Waals surface area (Å²) in [6.45, 7) is 0. The Kier molecular flexibility index (Phi) is 6.07. The van der Waals surface area contributed by atoms with Crippen LogP contribution in [-0.2, 0) is 14.6 Å². The molecular weight excluding hydrogens is 415 g/mol. The molecule has 3 aromatic rings. The van der Waals surface area contributed by atoms with Crippen LogP contribution in [0.3, 0.4) is 0 Å². The lowest BCUT2D eigenvalue weighted by Crippen LogP contribution is -2.30. The van der Waals surface area contributed by atoms with Gasteiger partial charge < -0.3 is 5.32 Å². The largest absolute Gasteiger partial charge is 0.471 e. The second-order valence-corrected chi connectivity index (χ2v) is 8.15. The number of hydrogen-bond acceptors (Lipinski definition) is 3. The molecule has 0 radical (unpaired) electrons. The zero-order valence-electron chi connectivity index (χ0n) is 15.4. The molecule has 0 aromatic heterocycles. The number of carbonyl (C=O) groups is 1. The molecule has 8 heteroatoms. The lowest BCUT2D eigenvalue weighted by Gasteiger charge is -2.16. The van der Waals surface area contributed by atoms with Crippen LogP contribution in [0.25, 0.3) is 11.0 Å². The highest BCUT2D eigenvalue weighted by Crippen LogP contribution is 2.34. The number of carbonyl (C=O) groups excluding carboxylic acids is 1. The van der Waals surface area contributed by atoms with Gasteiger partial charge in [-0.25, -0.2) is 8.42 Å². The van der Waals surface area contributed by atoms with Crippen LogP contribution in [0.2, 0.25) is 0 Å². The van der Waals surface area contributed by atoms with Crippen molar-refractivity contribution in [3.8, 4) is 0 Å². The zero-order valence-corrected chi connectivity index (χ0v) is 16.2. The predicted molar refractivity (Wildman–Crippen MR) is 109 cm³/mol. The van der Waals surface area contributed by atoms with Gasteiger partial charge in [0.15, 0.2) is 0 Å². The average Bonchev–Trinajstić information content (AvgIpc) is 2.73. The molecule has 0 heterocycles. The number of sulfone groups is 1. The quantitative estimate of drug-likeness (QED) is 0.568. The smallest absolute Gasteiger partial charge is 0.318 e. The normalized spacial score (nSPS) is 12.4. The first-order chi connectivity index (χ1) is 14.2. The first kappa shape index (κ1) is 21.3. The van der Waals surface area contributed by atoms with Gasteiger partial charge in [-0.15, -0.1) is 0 Å². The first-order valence-electron chi connectivity index (χ1n) is 8.74. The molecule has 0 unspecified atom stereocenters. The van der Waals surface area contributed by atoms with E-state index in [1.54, 1.807) is 53.8 Å². The molecule has 1 N–H and O–H groups in total. The number of nitrogens with one attached hydrogen (secondary N) is 1. The molecule has 0 atom stereocenters. The van der Waals surface area contributed by atoms with E-state index in [1.165, 1.54) is 42.5 Å². The molecule has 3 aromatic carbocycles. The molecular formula is C22H16F3NO3S. The lowest BCUT2D eigenvalue weighted by molar-refractivity contribution is -0.167. The number of para-hydroxylation sites is 1. The van der Waals surface area contributed by atoms with Crippen LogP contribution in [0.4, 0.5) is 18.9 Å². The zero-order chi connectivity index (χ0) is 21.8. The highest BCUT2D eigenvalue weighted by Gasteiger charge is 2.39. The molecule has 3 rings (SSSR count). The minimum absolute atomic E-state index is 0.0240. The Morgan fingerprint density at radius 1 is 0.800 bits per heavy atom. The van der Waals surface area contributed by atoms with Gasteiger partial charge in [0.1, 0.15) is 0 Å². The van der Waals surface area contributed by atoms with Crippen LogP contribution >= 0.6 is 0 Å². The standard InChI is InChI=1S/C22H16F3NO3S/c23-22(24,25)21(27)26-19-14-8-7-13-18(19)20(15-16-9-3-1-4-10-16)30(28,29)17-11-5-2-6-12-17/h1-15H,(H,26,27)/b20-15+. The molecule has 30 heavy (non-hydrogen) atoms. The SMILES string of the molecule is O=C(Nc1ccccc1/C(=C\c1ccccc1)S(=O)(=O)c1ccccc1)C(F)(F)F. The summed E-state index contributed by atoms with van der Waals surface area (Å²) >= 11 is 0. The van der Waals surface area contributed by atoms with E-state index >= 15 is 0 Å². The van der Waals surface area contributed by atoms with Crippen LogP contribution in [-0.4, -0.2) is 20.5 Å². The molecule has 0 aliphatic heterocycles. The number of anilines is 1. The van der Waals surface area contributed by atoms with Crippen LogP contribution < -0.4 is 5.32 Å². The average molecular weight is 431 g/mol. The number of alkyl halides is 3. The van der Waals surface area contributed by atoms with Crippen molar-refractivity contribution in [2.45, 2.75) is 11.1 Å².